The summed E-state index contributed by atoms with van der Waals surface area (Å²) in [6, 6.07) is 17.2. The minimum atomic E-state index is -0.176. The van der Waals surface area contributed by atoms with Gasteiger partial charge in [0.2, 0.25) is 0 Å². The topological polar surface area (TPSA) is 70.0 Å². The van der Waals surface area contributed by atoms with Crippen molar-refractivity contribution in [2.24, 2.45) is 0 Å². The van der Waals surface area contributed by atoms with Crippen LogP contribution in [-0.2, 0) is 6.54 Å². The molecule has 7 heteroatoms. The van der Waals surface area contributed by atoms with Gasteiger partial charge in [-0.1, -0.05) is 6.07 Å². The maximum atomic E-state index is 12.9. The summed E-state index contributed by atoms with van der Waals surface area (Å²) in [4.78, 5) is 15.6. The molecule has 3 aromatic rings. The van der Waals surface area contributed by atoms with E-state index < -0.39 is 0 Å². The second kappa shape index (κ2) is 9.03. The molecule has 0 bridgehead atoms. The van der Waals surface area contributed by atoms with Gasteiger partial charge < -0.3 is 19.8 Å². The minimum absolute atomic E-state index is 0.109. The summed E-state index contributed by atoms with van der Waals surface area (Å²) in [6.07, 6.45) is 0. The van der Waals surface area contributed by atoms with Gasteiger partial charge in [0.25, 0.3) is 5.91 Å². The summed E-state index contributed by atoms with van der Waals surface area (Å²) in [5, 5.41) is 18.7. The highest BCUT2D eigenvalue weighted by molar-refractivity contribution is 9.11. The van der Waals surface area contributed by atoms with E-state index in [9.17, 15) is 15.0 Å². The minimum Gasteiger partial charge on any atom is -0.508 e. The van der Waals surface area contributed by atoms with E-state index in [-0.39, 0.29) is 24.8 Å². The summed E-state index contributed by atoms with van der Waals surface area (Å²) >= 11 is 4.98. The molecule has 1 heterocycles. The predicted octanol–water partition coefficient (Wildman–Crippen LogP) is 4.64. The van der Waals surface area contributed by atoms with Crippen LogP contribution in [0.4, 0.5) is 0 Å². The first-order valence-corrected chi connectivity index (χ1v) is 9.87. The molecule has 2 N–H and O–H groups in total. The number of aliphatic hydroxyl groups is 1. The number of hydrogen-bond donors (Lipinski definition) is 2. The number of phenols is 1. The van der Waals surface area contributed by atoms with Gasteiger partial charge in [-0.2, -0.15) is 0 Å². The molecule has 0 saturated heterocycles. The molecule has 0 unspecified atom stereocenters. The smallest absolute Gasteiger partial charge is 0.254 e. The van der Waals surface area contributed by atoms with E-state index in [1.165, 1.54) is 12.1 Å². The molecule has 0 fully saturated rings. The molecule has 5 nitrogen and oxygen atoms in total. The molecule has 1 amide bonds. The van der Waals surface area contributed by atoms with Crippen molar-refractivity contribution in [3.05, 3.63) is 74.9 Å². The molecule has 2 aromatic carbocycles. The third-order valence-electron chi connectivity index (χ3n) is 3.79. The van der Waals surface area contributed by atoms with E-state index in [2.05, 4.69) is 15.9 Å². The number of aromatic hydroxyl groups is 1. The number of phenolic OH excluding ortho intramolecular Hbond substituents is 1. The lowest BCUT2D eigenvalue weighted by molar-refractivity contribution is 0.0709. The highest BCUT2D eigenvalue weighted by Gasteiger charge is 2.17. The summed E-state index contributed by atoms with van der Waals surface area (Å²) in [5.41, 5.74) is 0.482. The zero-order chi connectivity index (χ0) is 19.2. The number of halogens is 1. The Kier molecular flexibility index (Phi) is 6.49. The van der Waals surface area contributed by atoms with E-state index in [1.54, 1.807) is 52.6 Å². The van der Waals surface area contributed by atoms with Gasteiger partial charge in [-0.25, -0.2) is 0 Å². The van der Waals surface area contributed by atoms with Gasteiger partial charge in [0.1, 0.15) is 17.2 Å². The SMILES string of the molecule is O=C(c1cccc(Oc2ccc(O)cc2)c1)N(CCO)Cc1ccc(Br)s1. The van der Waals surface area contributed by atoms with Crippen molar-refractivity contribution in [3.63, 3.8) is 0 Å². The van der Waals surface area contributed by atoms with Crippen LogP contribution in [0, 0.1) is 0 Å². The monoisotopic (exact) mass is 447 g/mol. The predicted molar refractivity (Wildman–Crippen MR) is 108 cm³/mol. The lowest BCUT2D eigenvalue weighted by Crippen LogP contribution is -2.32. The molecule has 27 heavy (non-hydrogen) atoms. The van der Waals surface area contributed by atoms with E-state index in [0.29, 0.717) is 23.6 Å². The van der Waals surface area contributed by atoms with Crippen LogP contribution >= 0.6 is 27.3 Å². The molecular weight excluding hydrogens is 430 g/mol. The fraction of sp³-hybridized carbons (Fsp3) is 0.150. The summed E-state index contributed by atoms with van der Waals surface area (Å²) in [6.45, 7) is 0.568. The Morgan fingerprint density at radius 2 is 1.85 bits per heavy atom. The number of benzene rings is 2. The van der Waals surface area contributed by atoms with Crippen molar-refractivity contribution in [2.75, 3.05) is 13.2 Å². The fourth-order valence-corrected chi connectivity index (χ4v) is 4.02. The number of hydrogen-bond acceptors (Lipinski definition) is 5. The van der Waals surface area contributed by atoms with Gasteiger partial charge in [0.15, 0.2) is 0 Å². The first-order chi connectivity index (χ1) is 13.0. The zero-order valence-corrected chi connectivity index (χ0v) is 16.7. The number of thiophene rings is 1. The molecule has 0 aliphatic rings. The van der Waals surface area contributed by atoms with E-state index >= 15 is 0 Å². The molecule has 0 radical (unpaired) electrons. The van der Waals surface area contributed by atoms with Crippen LogP contribution in [0.3, 0.4) is 0 Å². The highest BCUT2D eigenvalue weighted by Crippen LogP contribution is 2.26. The maximum absolute atomic E-state index is 12.9. The Morgan fingerprint density at radius 1 is 1.07 bits per heavy atom. The number of aliphatic hydroxyl groups excluding tert-OH is 1. The molecule has 140 valence electrons. The molecule has 0 spiro atoms. The second-order valence-corrected chi connectivity index (χ2v) is 8.33. The molecule has 1 aromatic heterocycles. The van der Waals surface area contributed by atoms with Crippen molar-refractivity contribution in [2.45, 2.75) is 6.54 Å². The first-order valence-electron chi connectivity index (χ1n) is 8.26. The Bertz CT molecular complexity index is 910. The number of ether oxygens (including phenoxy) is 1. The van der Waals surface area contributed by atoms with Gasteiger partial charge in [-0.15, -0.1) is 11.3 Å². The van der Waals surface area contributed by atoms with E-state index in [4.69, 9.17) is 4.74 Å². The van der Waals surface area contributed by atoms with Crippen LogP contribution in [0.25, 0.3) is 0 Å². The number of carbonyl (C=O) groups is 1. The van der Waals surface area contributed by atoms with Crippen molar-refractivity contribution < 1.29 is 19.7 Å². The average molecular weight is 448 g/mol. The van der Waals surface area contributed by atoms with Crippen LogP contribution < -0.4 is 4.74 Å². The lowest BCUT2D eigenvalue weighted by Gasteiger charge is -2.21. The van der Waals surface area contributed by atoms with Gasteiger partial charge in [-0.05, 0) is 70.5 Å². The number of nitrogens with zero attached hydrogens (tertiary/aromatic N) is 1. The fourth-order valence-electron chi connectivity index (χ4n) is 2.52. The van der Waals surface area contributed by atoms with Crippen LogP contribution in [0.15, 0.2) is 64.5 Å². The molecule has 0 saturated carbocycles. The number of carbonyl (C=O) groups excluding carboxylic acids is 1. The van der Waals surface area contributed by atoms with Crippen LogP contribution in [-0.4, -0.2) is 34.2 Å². The standard InChI is InChI=1S/C20H18BrNO4S/c21-19-9-8-18(27-19)13-22(10-11-23)20(25)14-2-1-3-17(12-14)26-16-6-4-15(24)5-7-16/h1-9,12,23-24H,10-11,13H2. The zero-order valence-electron chi connectivity index (χ0n) is 14.3. The van der Waals surface area contributed by atoms with Crippen LogP contribution in [0.2, 0.25) is 0 Å². The quantitative estimate of drug-likeness (QED) is 0.553. The third-order valence-corrected chi connectivity index (χ3v) is 5.39. The Labute approximate surface area is 169 Å². The average Bonchev–Trinajstić information content (AvgIpc) is 3.08. The Hall–Kier alpha value is -2.35. The molecule has 3 rings (SSSR count). The van der Waals surface area contributed by atoms with E-state index in [0.717, 1.165) is 8.66 Å². The second-order valence-electron chi connectivity index (χ2n) is 5.78. The van der Waals surface area contributed by atoms with Gasteiger partial charge >= 0.3 is 0 Å². The Balaban J connectivity index is 1.76. The first kappa shape index (κ1) is 19.4. The molecule has 0 aliphatic heterocycles. The highest BCUT2D eigenvalue weighted by atomic mass is 79.9. The van der Waals surface area contributed by atoms with Crippen molar-refractivity contribution in [3.8, 4) is 17.2 Å². The normalized spacial score (nSPS) is 10.6. The largest absolute Gasteiger partial charge is 0.508 e. The summed E-state index contributed by atoms with van der Waals surface area (Å²) < 4.78 is 6.75. The molecular formula is C20H18BrNO4S. The number of amides is 1. The maximum Gasteiger partial charge on any atom is 0.254 e. The van der Waals surface area contributed by atoms with Crippen molar-refractivity contribution >= 4 is 33.2 Å². The Morgan fingerprint density at radius 3 is 2.52 bits per heavy atom. The number of rotatable bonds is 7. The van der Waals surface area contributed by atoms with Crippen molar-refractivity contribution in [1.29, 1.82) is 0 Å². The summed E-state index contributed by atoms with van der Waals surface area (Å²) in [5.74, 6) is 1.07. The lowest BCUT2D eigenvalue weighted by atomic mass is 10.2. The third kappa shape index (κ3) is 5.32. The van der Waals surface area contributed by atoms with Gasteiger partial charge in [-0.3, -0.25) is 4.79 Å². The molecule has 0 aliphatic carbocycles. The van der Waals surface area contributed by atoms with Gasteiger partial charge in [0.05, 0.1) is 16.9 Å². The van der Waals surface area contributed by atoms with Crippen LogP contribution in [0.5, 0.6) is 17.2 Å². The van der Waals surface area contributed by atoms with E-state index in [1.807, 2.05) is 12.1 Å². The van der Waals surface area contributed by atoms with Crippen LogP contribution in [0.1, 0.15) is 15.2 Å². The summed E-state index contributed by atoms with van der Waals surface area (Å²) in [7, 11) is 0. The molecule has 0 atom stereocenters. The van der Waals surface area contributed by atoms with Crippen molar-refractivity contribution in [1.82, 2.24) is 4.90 Å². The van der Waals surface area contributed by atoms with Gasteiger partial charge in [0, 0.05) is 17.0 Å².